The van der Waals surface area contributed by atoms with Crippen molar-refractivity contribution in [3.05, 3.63) is 63.4 Å². The number of para-hydroxylation sites is 1. The Bertz CT molecular complexity index is 1260. The zero-order valence-corrected chi connectivity index (χ0v) is 20.7. The van der Waals surface area contributed by atoms with E-state index in [0.717, 1.165) is 16.8 Å². The molecule has 194 valence electrons. The van der Waals surface area contributed by atoms with E-state index in [-0.39, 0.29) is 5.75 Å². The number of carbonyl (C=O) groups is 1. The molecule has 2 aromatic rings. The largest absolute Gasteiger partial charge is 0.462 e. The molecule has 3 rings (SSSR count). The van der Waals surface area contributed by atoms with Gasteiger partial charge < -0.3 is 19.1 Å². The van der Waals surface area contributed by atoms with E-state index in [1.807, 2.05) is 6.07 Å². The highest BCUT2D eigenvalue weighted by Gasteiger charge is 2.47. The number of nitrogens with one attached hydrogen (secondary N) is 2. The van der Waals surface area contributed by atoms with Crippen molar-refractivity contribution in [3.63, 3.8) is 0 Å². The summed E-state index contributed by atoms with van der Waals surface area (Å²) in [7, 11) is -4.25. The average molecular weight is 522 g/mol. The van der Waals surface area contributed by atoms with E-state index in [2.05, 4.69) is 10.1 Å². The molecule has 0 unspecified atom stereocenters. The molecule has 1 fully saturated rings. The predicted molar refractivity (Wildman–Crippen MR) is 125 cm³/mol. The summed E-state index contributed by atoms with van der Waals surface area (Å²) >= 11 is 0. The van der Waals surface area contributed by atoms with Gasteiger partial charge in [0.05, 0.1) is 18.8 Å². The highest BCUT2D eigenvalue weighted by Crippen LogP contribution is 2.46. The number of ether oxygens (including phenoxy) is 2. The maximum atomic E-state index is 13.6. The van der Waals surface area contributed by atoms with Crippen LogP contribution in [0, 0.1) is 17.2 Å². The fraction of sp³-hybridized carbons (Fsp3) is 0.455. The van der Waals surface area contributed by atoms with Gasteiger partial charge >= 0.3 is 19.4 Å². The Morgan fingerprint density at radius 2 is 1.97 bits per heavy atom. The number of aromatic amines is 1. The number of carbonyl (C=O) groups excluding carboxylic acids is 1. The first-order valence-corrected chi connectivity index (χ1v) is 12.6. The lowest BCUT2D eigenvalue weighted by Crippen LogP contribution is -2.37. The van der Waals surface area contributed by atoms with Crippen LogP contribution < -0.4 is 20.9 Å². The predicted octanol–water partition coefficient (Wildman–Crippen LogP) is 1.07. The normalized spacial score (nSPS) is 24.0. The molecule has 1 saturated heterocycles. The van der Waals surface area contributed by atoms with Crippen LogP contribution in [0.25, 0.3) is 0 Å². The summed E-state index contributed by atoms with van der Waals surface area (Å²) in [5, 5.41) is 22.7. The molecule has 0 bridgehead atoms. The molecule has 13 nitrogen and oxygen atoms in total. The van der Waals surface area contributed by atoms with Gasteiger partial charge in [0, 0.05) is 12.3 Å². The first kappa shape index (κ1) is 27.3. The summed E-state index contributed by atoms with van der Waals surface area (Å²) < 4.78 is 36.4. The molecule has 0 radical (unpaired) electrons. The number of aliphatic hydroxyl groups is 1. The highest BCUT2D eigenvalue weighted by atomic mass is 31.2. The summed E-state index contributed by atoms with van der Waals surface area (Å²) in [6.45, 7) is 4.21. The summed E-state index contributed by atoms with van der Waals surface area (Å²) in [6, 6.07) is 9.92. The van der Waals surface area contributed by atoms with Crippen LogP contribution in [0.5, 0.6) is 5.75 Å². The van der Waals surface area contributed by atoms with Crippen LogP contribution in [0.15, 0.2) is 52.2 Å². The number of nitriles is 1. The minimum atomic E-state index is -4.25. The minimum absolute atomic E-state index is 0.179. The van der Waals surface area contributed by atoms with E-state index in [1.165, 1.54) is 19.1 Å². The Hall–Kier alpha value is -3.27. The second kappa shape index (κ2) is 11.6. The van der Waals surface area contributed by atoms with Crippen molar-refractivity contribution in [1.82, 2.24) is 14.6 Å². The molecule has 0 saturated carbocycles. The summed E-state index contributed by atoms with van der Waals surface area (Å²) in [5.41, 5.74) is -1.47. The second-order valence-electron chi connectivity index (χ2n) is 8.26. The van der Waals surface area contributed by atoms with Gasteiger partial charge in [0.2, 0.25) is 0 Å². The van der Waals surface area contributed by atoms with E-state index in [4.69, 9.17) is 18.5 Å². The molecule has 1 aromatic carbocycles. The number of aliphatic hydroxyl groups excluding tert-OH is 1. The van der Waals surface area contributed by atoms with Crippen LogP contribution in [0.4, 0.5) is 0 Å². The van der Waals surface area contributed by atoms with Crippen molar-refractivity contribution < 1.29 is 33.0 Å². The third-order valence-corrected chi connectivity index (χ3v) is 6.72. The summed E-state index contributed by atoms with van der Waals surface area (Å²) in [6.07, 6.45) is -3.15. The lowest BCUT2D eigenvalue weighted by atomic mass is 10.0. The first-order chi connectivity index (χ1) is 17.0. The number of benzene rings is 1. The van der Waals surface area contributed by atoms with Crippen molar-refractivity contribution in [2.45, 2.75) is 51.4 Å². The Morgan fingerprint density at radius 1 is 1.28 bits per heavy atom. The molecule has 1 aliphatic heterocycles. The lowest BCUT2D eigenvalue weighted by Gasteiger charge is -2.25. The van der Waals surface area contributed by atoms with Gasteiger partial charge in [-0.15, -0.1) is 0 Å². The van der Waals surface area contributed by atoms with E-state index in [9.17, 15) is 29.3 Å². The van der Waals surface area contributed by atoms with E-state index in [1.54, 1.807) is 32.0 Å². The molecule has 0 aliphatic carbocycles. The van der Waals surface area contributed by atoms with Crippen LogP contribution in [-0.2, 0) is 23.4 Å². The Kier molecular flexibility index (Phi) is 8.84. The number of rotatable bonds is 10. The Morgan fingerprint density at radius 3 is 2.58 bits per heavy atom. The molecule has 14 heteroatoms. The number of nitrogens with zero attached hydrogens (tertiary/aromatic N) is 2. The molecular weight excluding hydrogens is 495 g/mol. The lowest BCUT2D eigenvalue weighted by molar-refractivity contribution is -0.149. The van der Waals surface area contributed by atoms with E-state index in [0.29, 0.717) is 0 Å². The second-order valence-corrected chi connectivity index (χ2v) is 9.96. The van der Waals surface area contributed by atoms with Gasteiger partial charge in [-0.3, -0.25) is 23.7 Å². The quantitative estimate of drug-likeness (QED) is 0.300. The van der Waals surface area contributed by atoms with E-state index < -0.39 is 68.1 Å². The molecule has 6 atom stereocenters. The van der Waals surface area contributed by atoms with Crippen molar-refractivity contribution in [1.29, 1.82) is 5.26 Å². The van der Waals surface area contributed by atoms with Crippen LogP contribution in [0.3, 0.4) is 0 Å². The van der Waals surface area contributed by atoms with Gasteiger partial charge in [0.15, 0.2) is 6.23 Å². The summed E-state index contributed by atoms with van der Waals surface area (Å²) in [5.74, 6) is -1.72. The first-order valence-electron chi connectivity index (χ1n) is 11.0. The number of esters is 1. The zero-order chi connectivity index (χ0) is 26.5. The number of hydrogen-bond acceptors (Lipinski definition) is 10. The molecule has 1 aliphatic rings. The van der Waals surface area contributed by atoms with Crippen LogP contribution in [-0.4, -0.2) is 51.6 Å². The smallest absolute Gasteiger partial charge is 0.459 e. The maximum absolute atomic E-state index is 13.6. The van der Waals surface area contributed by atoms with Gasteiger partial charge in [-0.25, -0.2) is 9.36 Å². The molecular formula is C22H27N4O9P. The summed E-state index contributed by atoms with van der Waals surface area (Å²) in [4.78, 5) is 37.8. The molecule has 3 N–H and O–H groups in total. The van der Waals surface area contributed by atoms with Crippen molar-refractivity contribution in [2.75, 3.05) is 6.61 Å². The average Bonchev–Trinajstić information content (AvgIpc) is 3.12. The van der Waals surface area contributed by atoms with Crippen LogP contribution in [0.1, 0.15) is 27.0 Å². The third kappa shape index (κ3) is 6.69. The zero-order valence-electron chi connectivity index (χ0n) is 19.8. The van der Waals surface area contributed by atoms with Gasteiger partial charge in [-0.1, -0.05) is 18.2 Å². The van der Waals surface area contributed by atoms with Gasteiger partial charge in [-0.05, 0) is 32.9 Å². The SMILES string of the molecule is CC(C)OC(=O)[C@@H](C)N[P@@](=O)(OC[C@H]1O[C@@H](n2ccc(=O)[nH]c2=O)[C@H](C#N)[C@@H]1O)Oc1ccccc1. The topological polar surface area (TPSA) is 182 Å². The van der Waals surface area contributed by atoms with Crippen molar-refractivity contribution in [2.24, 2.45) is 5.92 Å². The van der Waals surface area contributed by atoms with Crippen LogP contribution in [0.2, 0.25) is 0 Å². The molecule has 2 heterocycles. The maximum Gasteiger partial charge on any atom is 0.459 e. The van der Waals surface area contributed by atoms with Gasteiger partial charge in [0.1, 0.15) is 29.9 Å². The van der Waals surface area contributed by atoms with Crippen LogP contribution >= 0.6 is 7.75 Å². The Labute approximate surface area is 206 Å². The monoisotopic (exact) mass is 522 g/mol. The minimum Gasteiger partial charge on any atom is -0.462 e. The number of aromatic nitrogens is 2. The highest BCUT2D eigenvalue weighted by molar-refractivity contribution is 7.52. The van der Waals surface area contributed by atoms with Crippen molar-refractivity contribution in [3.8, 4) is 11.8 Å². The number of hydrogen-bond donors (Lipinski definition) is 3. The fourth-order valence-corrected chi connectivity index (χ4v) is 4.90. The van der Waals surface area contributed by atoms with E-state index >= 15 is 0 Å². The van der Waals surface area contributed by atoms with Crippen molar-refractivity contribution >= 4 is 13.7 Å². The fourth-order valence-electron chi connectivity index (χ4n) is 3.39. The third-order valence-electron chi connectivity index (χ3n) is 5.08. The Balaban J connectivity index is 1.79. The van der Waals surface area contributed by atoms with Gasteiger partial charge in [0.25, 0.3) is 5.56 Å². The molecule has 1 aromatic heterocycles. The standard InChI is InChI=1S/C22H27N4O9P/c1-13(2)33-21(29)14(3)25-36(31,35-15-7-5-4-6-8-15)32-12-17-19(28)16(11-23)20(34-17)26-10-9-18(27)24-22(26)30/h4-10,13-14,16-17,19-20,28H,12H2,1-3H3,(H,25,31)(H,24,27,30)/t14-,16-,17-,19+,20-,36-/m1/s1. The molecule has 0 spiro atoms. The molecule has 0 amide bonds. The molecule has 36 heavy (non-hydrogen) atoms. The van der Waals surface area contributed by atoms with Gasteiger partial charge in [-0.2, -0.15) is 10.3 Å². The number of H-pyrrole nitrogens is 1.